The summed E-state index contributed by atoms with van der Waals surface area (Å²) in [7, 11) is -4.57. The van der Waals surface area contributed by atoms with E-state index < -0.39 is 29.0 Å². The first-order valence-corrected chi connectivity index (χ1v) is 7.81. The number of hydrogen-bond acceptors (Lipinski definition) is 3. The fourth-order valence-corrected chi connectivity index (χ4v) is 3.27. The normalized spacial score (nSPS) is 11.4. The Morgan fingerprint density at radius 3 is 2.57 bits per heavy atom. The van der Waals surface area contributed by atoms with Gasteiger partial charge in [0.2, 0.25) is 0 Å². The second-order valence-corrected chi connectivity index (χ2v) is 6.06. The van der Waals surface area contributed by atoms with Crippen molar-refractivity contribution in [2.24, 2.45) is 0 Å². The number of rotatable bonds is 3. The molecule has 0 saturated heterocycles. The smallest absolute Gasteiger partial charge is 0.403 e. The number of benzene rings is 1. The van der Waals surface area contributed by atoms with Crippen molar-refractivity contribution in [3.8, 4) is 5.75 Å². The van der Waals surface area contributed by atoms with Gasteiger partial charge in [0.25, 0.3) is 0 Å². The van der Waals surface area contributed by atoms with Crippen LogP contribution in [-0.2, 0) is 7.63 Å². The number of halogens is 2. The summed E-state index contributed by atoms with van der Waals surface area (Å²) in [6, 6.07) is 4.66. The zero-order valence-corrected chi connectivity index (χ0v) is 11.8. The monoisotopic (exact) mass is 442 g/mol. The first kappa shape index (κ1) is 12.5. The topological polar surface area (TPSA) is 83.8 Å². The van der Waals surface area contributed by atoms with Crippen LogP contribution in [0.2, 0.25) is 0 Å². The summed E-state index contributed by atoms with van der Waals surface area (Å²) in [5, 5.41) is 0. The average Bonchev–Trinajstić information content (AvgIpc) is 2.01. The fraction of sp³-hybridized carbons (Fsp3) is 0. The van der Waals surface area contributed by atoms with E-state index in [1.165, 1.54) is 6.07 Å². The predicted octanol–water partition coefficient (Wildman–Crippen LogP) is 2.25. The molecule has 1 aromatic carbocycles. The van der Waals surface area contributed by atoms with E-state index in [-0.39, 0.29) is 5.75 Å². The lowest BCUT2D eigenvalue weighted by atomic mass is 10.3. The highest BCUT2D eigenvalue weighted by Crippen LogP contribution is 2.41. The van der Waals surface area contributed by atoms with Gasteiger partial charge in [-0.15, -0.1) is 0 Å². The van der Waals surface area contributed by atoms with Crippen molar-refractivity contribution in [3.05, 3.63) is 25.3 Å². The molecule has 0 aromatic heterocycles. The van der Waals surface area contributed by atoms with Crippen molar-refractivity contribution in [2.45, 2.75) is 0 Å². The minimum atomic E-state index is -4.57. The third-order valence-electron chi connectivity index (χ3n) is 1.21. The largest absolute Gasteiger partial charge is 0.524 e. The maximum Gasteiger partial charge on any atom is 0.524 e. The van der Waals surface area contributed by atoms with Crippen LogP contribution in [0.1, 0.15) is 0 Å². The number of phosphoric ester groups is 1. The lowest BCUT2D eigenvalue weighted by molar-refractivity contribution is 0.282. The summed E-state index contributed by atoms with van der Waals surface area (Å²) >= 11 is 0.417. The second-order valence-electron chi connectivity index (χ2n) is 2.21. The Hall–Kier alpha value is 0.430. The first-order chi connectivity index (χ1) is 6.44. The molecule has 0 aliphatic rings. The number of hydrogen-bond donors (Lipinski definition) is 2. The zero-order valence-electron chi connectivity index (χ0n) is 6.55. The summed E-state index contributed by atoms with van der Waals surface area (Å²) in [6.45, 7) is 0. The van der Waals surface area contributed by atoms with Crippen LogP contribution in [-0.4, -0.2) is 9.79 Å². The van der Waals surface area contributed by atoms with E-state index in [4.69, 9.17) is 9.79 Å². The van der Waals surface area contributed by atoms with Gasteiger partial charge in [-0.2, -0.15) is 0 Å². The molecule has 0 amide bonds. The summed E-state index contributed by atoms with van der Waals surface area (Å²) in [6.07, 6.45) is 0. The Balaban J connectivity index is 3.15. The third kappa shape index (κ3) is 3.54. The Labute approximate surface area is 104 Å². The van der Waals surface area contributed by atoms with Crippen LogP contribution in [0.25, 0.3) is 0 Å². The van der Waals surface area contributed by atoms with Gasteiger partial charge >= 0.3 is 7.82 Å². The minimum absolute atomic E-state index is 0.00645. The van der Waals surface area contributed by atoms with Crippen LogP contribution < -0.4 is 4.52 Å². The molecule has 2 N–H and O–H groups in total. The van der Waals surface area contributed by atoms with Crippen molar-refractivity contribution in [1.29, 1.82) is 0 Å². The first-order valence-electron chi connectivity index (χ1n) is 3.25. The van der Waals surface area contributed by atoms with E-state index in [9.17, 15) is 7.63 Å². The molecule has 0 fully saturated rings. The van der Waals surface area contributed by atoms with Crippen molar-refractivity contribution < 1.29 is 21.9 Å². The van der Waals surface area contributed by atoms with E-state index in [0.717, 1.165) is 0 Å². The average molecular weight is 442 g/mol. The van der Waals surface area contributed by atoms with E-state index in [2.05, 4.69) is 4.52 Å². The van der Waals surface area contributed by atoms with Crippen LogP contribution in [0.4, 0.5) is 0 Å². The highest BCUT2D eigenvalue weighted by atomic mass is 127. The zero-order chi connectivity index (χ0) is 10.8. The molecule has 1 aromatic rings. The molecule has 0 atom stereocenters. The maximum absolute atomic E-state index is 10.8. The lowest BCUT2D eigenvalue weighted by Crippen LogP contribution is -1.93. The van der Waals surface area contributed by atoms with Crippen LogP contribution in [0.3, 0.4) is 0 Å². The van der Waals surface area contributed by atoms with Gasteiger partial charge in [0.05, 0.1) is 0 Å². The molecule has 1 rings (SSSR count). The molecule has 0 heterocycles. The molecule has 0 aliphatic carbocycles. The van der Waals surface area contributed by atoms with Crippen LogP contribution in [0.15, 0.2) is 18.2 Å². The molecule has 78 valence electrons. The molecule has 0 aliphatic heterocycles. The molecule has 14 heavy (non-hydrogen) atoms. The molecule has 0 radical (unpaired) electrons. The van der Waals surface area contributed by atoms with Gasteiger partial charge < -0.3 is 4.52 Å². The van der Waals surface area contributed by atoms with Gasteiger partial charge in [-0.3, -0.25) is 12.9 Å². The summed E-state index contributed by atoms with van der Waals surface area (Å²) in [4.78, 5) is 17.2. The summed E-state index contributed by atoms with van der Waals surface area (Å²) in [5.74, 6) is -0.00645. The molecule has 5 nitrogen and oxygen atoms in total. The fourth-order valence-electron chi connectivity index (χ4n) is 0.758. The molecule has 0 saturated carbocycles. The predicted molar refractivity (Wildman–Crippen MR) is 65.2 cm³/mol. The highest BCUT2D eigenvalue weighted by molar-refractivity contribution is 14.2. The summed E-state index contributed by atoms with van der Waals surface area (Å²) < 4.78 is 26.8. The van der Waals surface area contributed by atoms with E-state index >= 15 is 0 Å². The van der Waals surface area contributed by atoms with E-state index in [1.807, 2.05) is 22.6 Å². The van der Waals surface area contributed by atoms with Crippen LogP contribution in [0.5, 0.6) is 5.75 Å². The van der Waals surface area contributed by atoms with Crippen molar-refractivity contribution in [1.82, 2.24) is 0 Å². The molecular weight excluding hydrogens is 437 g/mol. The maximum atomic E-state index is 10.8. The molecule has 0 spiro atoms. The Kier molecular flexibility index (Phi) is 4.44. The standard InChI is InChI=1S/C6H5I2O5P/c7-4-2-1-3-5(6(4)8-9)13-14(10,11)12/h1-3H,(H2,10,11,12). The lowest BCUT2D eigenvalue weighted by Gasteiger charge is -2.08. The van der Waals surface area contributed by atoms with Gasteiger partial charge in [0, 0.05) is 3.57 Å². The van der Waals surface area contributed by atoms with Crippen molar-refractivity contribution in [2.75, 3.05) is 0 Å². The molecule has 0 unspecified atom stereocenters. The van der Waals surface area contributed by atoms with Crippen molar-refractivity contribution >= 4 is 51.6 Å². The van der Waals surface area contributed by atoms with Crippen molar-refractivity contribution in [3.63, 3.8) is 0 Å². The van der Waals surface area contributed by atoms with Crippen LogP contribution in [0, 0.1) is 7.14 Å². The SMILES string of the molecule is O=Ic1c(I)cccc1OP(=O)(O)O. The highest BCUT2D eigenvalue weighted by Gasteiger charge is 2.19. The summed E-state index contributed by atoms with van der Waals surface area (Å²) in [5.41, 5.74) is 0. The quantitative estimate of drug-likeness (QED) is 0.555. The second kappa shape index (κ2) is 4.97. The van der Waals surface area contributed by atoms with Crippen LogP contribution >= 0.6 is 51.6 Å². The number of phosphoric acid groups is 1. The van der Waals surface area contributed by atoms with E-state index in [0.29, 0.717) is 7.14 Å². The molecular formula is C6H5I2O5P. The Morgan fingerprint density at radius 1 is 1.43 bits per heavy atom. The van der Waals surface area contributed by atoms with Gasteiger partial charge in [0.1, 0.15) is 9.32 Å². The third-order valence-corrected chi connectivity index (χ3v) is 5.13. The van der Waals surface area contributed by atoms with Gasteiger partial charge in [0.15, 0.2) is 21.2 Å². The molecule has 0 bridgehead atoms. The van der Waals surface area contributed by atoms with Gasteiger partial charge in [-0.25, -0.2) is 4.57 Å². The Bertz CT molecular complexity index is 401. The van der Waals surface area contributed by atoms with Gasteiger partial charge in [-0.1, -0.05) is 6.07 Å². The Morgan fingerprint density at radius 2 is 2.07 bits per heavy atom. The molecule has 8 heteroatoms. The minimum Gasteiger partial charge on any atom is -0.403 e. The van der Waals surface area contributed by atoms with Gasteiger partial charge in [-0.05, 0) is 34.7 Å². The van der Waals surface area contributed by atoms with E-state index in [1.54, 1.807) is 12.1 Å².